The van der Waals surface area contributed by atoms with Crippen molar-refractivity contribution < 1.29 is 5.11 Å². The second-order valence-electron chi connectivity index (χ2n) is 6.97. The molecule has 0 bridgehead atoms. The Morgan fingerprint density at radius 1 is 1.33 bits per heavy atom. The summed E-state index contributed by atoms with van der Waals surface area (Å²) in [7, 11) is 1.84. The third-order valence-corrected chi connectivity index (χ3v) is 5.19. The lowest BCUT2D eigenvalue weighted by atomic mass is 10.1. The number of rotatable bonds is 2. The van der Waals surface area contributed by atoms with E-state index >= 15 is 0 Å². The van der Waals surface area contributed by atoms with Crippen molar-refractivity contribution in [2.24, 2.45) is 7.05 Å². The van der Waals surface area contributed by atoms with E-state index < -0.39 is 0 Å². The van der Waals surface area contributed by atoms with Gasteiger partial charge in [-0.25, -0.2) is 9.97 Å². The predicted molar refractivity (Wildman–Crippen MR) is 102 cm³/mol. The van der Waals surface area contributed by atoms with Crippen molar-refractivity contribution in [3.63, 3.8) is 0 Å². The van der Waals surface area contributed by atoms with Crippen molar-refractivity contribution in [2.45, 2.75) is 13.0 Å². The molecule has 0 aliphatic carbocycles. The number of aryl methyl sites for hydroxylation is 2. The minimum Gasteiger partial charge on any atom is -0.507 e. The lowest BCUT2D eigenvalue weighted by molar-refractivity contribution is 0.337. The SMILES string of the molecule is Cc1c(O)c(-c2ncc3c(=O)n(C4CNC4)ccc3n2)cc2cn(C)nc12. The van der Waals surface area contributed by atoms with E-state index in [1.165, 1.54) is 0 Å². The van der Waals surface area contributed by atoms with Crippen molar-refractivity contribution in [1.82, 2.24) is 29.6 Å². The molecular formula is C19H18N6O2. The smallest absolute Gasteiger partial charge is 0.261 e. The molecular weight excluding hydrogens is 344 g/mol. The highest BCUT2D eigenvalue weighted by Gasteiger charge is 2.21. The summed E-state index contributed by atoms with van der Waals surface area (Å²) < 4.78 is 3.44. The van der Waals surface area contributed by atoms with Gasteiger partial charge in [-0.05, 0) is 19.1 Å². The second-order valence-corrected chi connectivity index (χ2v) is 6.97. The maximum Gasteiger partial charge on any atom is 0.261 e. The van der Waals surface area contributed by atoms with Gasteiger partial charge in [0.25, 0.3) is 5.56 Å². The Morgan fingerprint density at radius 2 is 2.15 bits per heavy atom. The van der Waals surface area contributed by atoms with E-state index in [0.717, 1.165) is 24.0 Å². The molecule has 0 unspecified atom stereocenters. The van der Waals surface area contributed by atoms with Crippen LogP contribution in [0.15, 0.2) is 35.5 Å². The number of aromatic hydroxyl groups is 1. The molecule has 0 atom stereocenters. The first-order chi connectivity index (χ1) is 13.0. The zero-order chi connectivity index (χ0) is 18.7. The number of phenolic OH excluding ortho intramolecular Hbond substituents is 1. The van der Waals surface area contributed by atoms with Gasteiger partial charge >= 0.3 is 0 Å². The van der Waals surface area contributed by atoms with E-state index in [-0.39, 0.29) is 17.4 Å². The Morgan fingerprint density at radius 3 is 2.89 bits per heavy atom. The first kappa shape index (κ1) is 16.0. The minimum atomic E-state index is -0.0892. The van der Waals surface area contributed by atoms with Crippen LogP contribution in [0.2, 0.25) is 0 Å². The Kier molecular flexibility index (Phi) is 3.32. The number of nitrogens with one attached hydrogen (secondary N) is 1. The molecule has 0 saturated carbocycles. The molecule has 4 heterocycles. The van der Waals surface area contributed by atoms with Crippen LogP contribution >= 0.6 is 0 Å². The molecule has 2 N–H and O–H groups in total. The highest BCUT2D eigenvalue weighted by molar-refractivity contribution is 5.90. The summed E-state index contributed by atoms with van der Waals surface area (Å²) in [5.74, 6) is 0.491. The molecule has 4 aromatic rings. The summed E-state index contributed by atoms with van der Waals surface area (Å²) in [6, 6.07) is 3.83. The maximum atomic E-state index is 12.7. The summed E-state index contributed by atoms with van der Waals surface area (Å²) in [4.78, 5) is 21.6. The normalized spacial score (nSPS) is 14.7. The number of aromatic nitrogens is 5. The van der Waals surface area contributed by atoms with Gasteiger partial charge in [-0.1, -0.05) is 0 Å². The predicted octanol–water partition coefficient (Wildman–Crippen LogP) is 1.50. The van der Waals surface area contributed by atoms with E-state index in [0.29, 0.717) is 27.9 Å². The number of hydrogen-bond donors (Lipinski definition) is 2. The van der Waals surface area contributed by atoms with Crippen LogP contribution in [0.25, 0.3) is 33.2 Å². The molecule has 5 rings (SSSR count). The maximum absolute atomic E-state index is 12.7. The number of nitrogens with zero attached hydrogens (tertiary/aromatic N) is 5. The second kappa shape index (κ2) is 5.62. The average Bonchev–Trinajstić information content (AvgIpc) is 2.99. The highest BCUT2D eigenvalue weighted by atomic mass is 16.3. The molecule has 1 fully saturated rings. The lowest BCUT2D eigenvalue weighted by Gasteiger charge is -2.29. The molecule has 8 heteroatoms. The lowest BCUT2D eigenvalue weighted by Crippen LogP contribution is -2.46. The number of phenols is 1. The van der Waals surface area contributed by atoms with Gasteiger partial charge in [-0.2, -0.15) is 5.10 Å². The molecule has 136 valence electrons. The van der Waals surface area contributed by atoms with Crippen LogP contribution in [0.5, 0.6) is 5.75 Å². The fourth-order valence-electron chi connectivity index (χ4n) is 3.54. The number of pyridine rings is 1. The van der Waals surface area contributed by atoms with Crippen LogP contribution in [0, 0.1) is 6.92 Å². The van der Waals surface area contributed by atoms with Crippen LogP contribution in [-0.2, 0) is 7.05 Å². The molecule has 1 saturated heterocycles. The third-order valence-electron chi connectivity index (χ3n) is 5.19. The molecule has 3 aromatic heterocycles. The van der Waals surface area contributed by atoms with Crippen molar-refractivity contribution in [3.8, 4) is 17.1 Å². The Labute approximate surface area is 154 Å². The molecule has 8 nitrogen and oxygen atoms in total. The first-order valence-electron chi connectivity index (χ1n) is 8.78. The molecule has 1 aliphatic heterocycles. The Bertz CT molecular complexity index is 1270. The summed E-state index contributed by atoms with van der Waals surface area (Å²) in [6.45, 7) is 3.41. The van der Waals surface area contributed by atoms with Crippen molar-refractivity contribution >= 4 is 21.8 Å². The minimum absolute atomic E-state index is 0.0892. The number of fused-ring (bicyclic) bond motifs is 2. The number of hydrogen-bond acceptors (Lipinski definition) is 6. The van der Waals surface area contributed by atoms with Gasteiger partial charge in [-0.15, -0.1) is 0 Å². The monoisotopic (exact) mass is 362 g/mol. The largest absolute Gasteiger partial charge is 0.507 e. The molecule has 0 spiro atoms. The van der Waals surface area contributed by atoms with Crippen molar-refractivity contribution in [1.29, 1.82) is 0 Å². The van der Waals surface area contributed by atoms with Crippen molar-refractivity contribution in [2.75, 3.05) is 13.1 Å². The van der Waals surface area contributed by atoms with E-state index in [1.54, 1.807) is 21.6 Å². The van der Waals surface area contributed by atoms with E-state index in [1.807, 2.05) is 32.3 Å². The Hall–Kier alpha value is -3.26. The molecule has 1 aliphatic rings. The van der Waals surface area contributed by atoms with Crippen LogP contribution in [0.1, 0.15) is 11.6 Å². The van der Waals surface area contributed by atoms with Gasteiger partial charge in [0.2, 0.25) is 0 Å². The van der Waals surface area contributed by atoms with Gasteiger partial charge in [0.05, 0.1) is 28.0 Å². The zero-order valence-corrected chi connectivity index (χ0v) is 15.0. The van der Waals surface area contributed by atoms with Crippen molar-refractivity contribution in [3.05, 3.63) is 46.6 Å². The summed E-state index contributed by atoms with van der Waals surface area (Å²) in [6.07, 6.45) is 5.21. The average molecular weight is 362 g/mol. The molecule has 0 radical (unpaired) electrons. The Balaban J connectivity index is 1.68. The van der Waals surface area contributed by atoms with Crippen LogP contribution in [0.4, 0.5) is 0 Å². The summed E-state index contributed by atoms with van der Waals surface area (Å²) >= 11 is 0. The van der Waals surface area contributed by atoms with Crippen LogP contribution < -0.4 is 10.9 Å². The van der Waals surface area contributed by atoms with Gasteiger partial charge in [-0.3, -0.25) is 9.48 Å². The fraction of sp³-hybridized carbons (Fsp3) is 0.263. The molecule has 27 heavy (non-hydrogen) atoms. The van der Waals surface area contributed by atoms with Crippen LogP contribution in [-0.4, -0.2) is 42.5 Å². The fourth-order valence-corrected chi connectivity index (χ4v) is 3.54. The summed E-state index contributed by atoms with van der Waals surface area (Å²) in [5, 5.41) is 19.6. The summed E-state index contributed by atoms with van der Waals surface area (Å²) in [5.41, 5.74) is 2.43. The van der Waals surface area contributed by atoms with E-state index in [4.69, 9.17) is 0 Å². The van der Waals surface area contributed by atoms with Crippen LogP contribution in [0.3, 0.4) is 0 Å². The van der Waals surface area contributed by atoms with E-state index in [9.17, 15) is 9.90 Å². The van der Waals surface area contributed by atoms with Gasteiger partial charge in [0.1, 0.15) is 5.75 Å². The third kappa shape index (κ3) is 2.33. The zero-order valence-electron chi connectivity index (χ0n) is 15.0. The highest BCUT2D eigenvalue weighted by Crippen LogP contribution is 2.35. The first-order valence-corrected chi connectivity index (χ1v) is 8.78. The standard InChI is InChI=1S/C19H18N6O2/c1-10-16-11(9-24(2)23-16)5-13(17(10)26)18-21-8-14-15(22-18)3-4-25(19(14)27)12-6-20-7-12/h3-5,8-9,12,20,26H,6-7H2,1-2H3. The molecule has 1 aromatic carbocycles. The van der Waals surface area contributed by atoms with Gasteiger partial charge < -0.3 is 15.0 Å². The van der Waals surface area contributed by atoms with E-state index in [2.05, 4.69) is 20.4 Å². The topological polar surface area (TPSA) is 97.9 Å². The quantitative estimate of drug-likeness (QED) is 0.561. The molecule has 0 amide bonds. The van der Waals surface area contributed by atoms with Gasteiger partial charge in [0.15, 0.2) is 5.82 Å². The van der Waals surface area contributed by atoms with Gasteiger partial charge in [0, 0.05) is 49.7 Å². The number of benzene rings is 1.